The molecule has 0 radical (unpaired) electrons. The van der Waals surface area contributed by atoms with Crippen LogP contribution < -0.4 is 4.74 Å². The van der Waals surface area contributed by atoms with Crippen LogP contribution in [0.2, 0.25) is 5.02 Å². The summed E-state index contributed by atoms with van der Waals surface area (Å²) >= 11 is 9.55. The molecule has 148 valence electrons. The second-order valence-electron chi connectivity index (χ2n) is 6.22. The van der Waals surface area contributed by atoms with Crippen molar-refractivity contribution in [1.82, 2.24) is 9.78 Å². The van der Waals surface area contributed by atoms with Crippen LogP contribution in [0.15, 0.2) is 22.7 Å². The number of carbonyl (C=O) groups excluding carboxylic acids is 1. The van der Waals surface area contributed by atoms with Crippen LogP contribution in [-0.4, -0.2) is 39.7 Å². The SMILES string of the molecule is CCOC(=O)c1nn(CC(C)(C)O)c(-c2ccc(Br)cc2OC(F)F)c1Cl. The third kappa shape index (κ3) is 5.40. The molecule has 1 aromatic heterocycles. The van der Waals surface area contributed by atoms with Gasteiger partial charge in [0, 0.05) is 10.0 Å². The molecule has 2 aromatic rings. The number of aliphatic hydroxyl groups is 1. The summed E-state index contributed by atoms with van der Waals surface area (Å²) in [4.78, 5) is 12.1. The Kier molecular flexibility index (Phi) is 6.82. The van der Waals surface area contributed by atoms with Crippen molar-refractivity contribution in [1.29, 1.82) is 0 Å². The molecule has 0 aliphatic carbocycles. The number of nitrogens with zero attached hydrogens (tertiary/aromatic N) is 2. The van der Waals surface area contributed by atoms with E-state index >= 15 is 0 Å². The molecule has 1 aromatic carbocycles. The highest BCUT2D eigenvalue weighted by Gasteiger charge is 2.28. The Labute approximate surface area is 168 Å². The molecule has 10 heteroatoms. The van der Waals surface area contributed by atoms with Gasteiger partial charge in [0.1, 0.15) is 10.8 Å². The van der Waals surface area contributed by atoms with Crippen LogP contribution in [0.5, 0.6) is 5.75 Å². The standard InChI is InChI=1S/C17H18BrClF2N2O4/c1-4-26-15(24)13-12(19)14(23(22-13)8-17(2,3)25)10-6-5-9(18)7-11(10)27-16(20)21/h5-7,16,25H,4,8H2,1-3H3. The molecule has 0 aliphatic rings. The maximum atomic E-state index is 12.8. The maximum Gasteiger partial charge on any atom is 0.387 e. The van der Waals surface area contributed by atoms with E-state index in [1.807, 2.05) is 0 Å². The van der Waals surface area contributed by atoms with Gasteiger partial charge in [-0.2, -0.15) is 13.9 Å². The largest absolute Gasteiger partial charge is 0.461 e. The normalized spacial score (nSPS) is 11.7. The van der Waals surface area contributed by atoms with Crippen LogP contribution in [0.3, 0.4) is 0 Å². The van der Waals surface area contributed by atoms with Crippen molar-refractivity contribution in [2.45, 2.75) is 39.5 Å². The number of esters is 1. The summed E-state index contributed by atoms with van der Waals surface area (Å²) in [6, 6.07) is 4.46. The van der Waals surface area contributed by atoms with Crippen molar-refractivity contribution in [2.24, 2.45) is 0 Å². The molecular weight excluding hydrogens is 450 g/mol. The van der Waals surface area contributed by atoms with E-state index in [4.69, 9.17) is 16.3 Å². The van der Waals surface area contributed by atoms with Crippen molar-refractivity contribution in [3.8, 4) is 17.0 Å². The number of benzene rings is 1. The van der Waals surface area contributed by atoms with Gasteiger partial charge in [0.05, 0.1) is 24.4 Å². The van der Waals surface area contributed by atoms with Gasteiger partial charge in [-0.25, -0.2) is 4.79 Å². The summed E-state index contributed by atoms with van der Waals surface area (Å²) in [5, 5.41) is 14.2. The van der Waals surface area contributed by atoms with Gasteiger partial charge in [0.25, 0.3) is 0 Å². The molecule has 0 aliphatic heterocycles. The first-order chi connectivity index (χ1) is 12.5. The van der Waals surface area contributed by atoms with Gasteiger partial charge < -0.3 is 14.6 Å². The first-order valence-electron chi connectivity index (χ1n) is 7.94. The number of alkyl halides is 2. The molecule has 1 heterocycles. The Balaban J connectivity index is 2.69. The average molecular weight is 468 g/mol. The van der Waals surface area contributed by atoms with Gasteiger partial charge in [-0.3, -0.25) is 4.68 Å². The molecule has 6 nitrogen and oxygen atoms in total. The van der Waals surface area contributed by atoms with E-state index in [9.17, 15) is 18.7 Å². The zero-order chi connectivity index (χ0) is 20.4. The number of hydrogen-bond acceptors (Lipinski definition) is 5. The molecule has 0 amide bonds. The predicted molar refractivity (Wildman–Crippen MR) is 99.3 cm³/mol. The highest BCUT2D eigenvalue weighted by Crippen LogP contribution is 2.39. The molecule has 0 spiro atoms. The van der Waals surface area contributed by atoms with Crippen LogP contribution in [0.1, 0.15) is 31.3 Å². The van der Waals surface area contributed by atoms with Crippen molar-refractivity contribution in [3.63, 3.8) is 0 Å². The summed E-state index contributed by atoms with van der Waals surface area (Å²) in [6.07, 6.45) is 0. The number of rotatable bonds is 7. The van der Waals surface area contributed by atoms with E-state index in [1.54, 1.807) is 13.0 Å². The van der Waals surface area contributed by atoms with Crippen molar-refractivity contribution in [2.75, 3.05) is 6.61 Å². The summed E-state index contributed by atoms with van der Waals surface area (Å²) in [5.41, 5.74) is -1.04. The second-order valence-corrected chi connectivity index (χ2v) is 7.51. The summed E-state index contributed by atoms with van der Waals surface area (Å²) in [7, 11) is 0. The predicted octanol–water partition coefficient (Wildman–Crippen LogP) is 4.52. The molecule has 0 saturated carbocycles. The average Bonchev–Trinajstić information content (AvgIpc) is 2.82. The first kappa shape index (κ1) is 21.6. The Hall–Kier alpha value is -1.71. The molecule has 1 N–H and O–H groups in total. The van der Waals surface area contributed by atoms with E-state index in [2.05, 4.69) is 25.8 Å². The zero-order valence-electron chi connectivity index (χ0n) is 14.8. The molecule has 0 unspecified atom stereocenters. The van der Waals surface area contributed by atoms with Crippen LogP contribution in [0, 0.1) is 0 Å². The number of carbonyl (C=O) groups is 1. The minimum Gasteiger partial charge on any atom is -0.461 e. The Morgan fingerprint density at radius 3 is 2.67 bits per heavy atom. The third-order valence-electron chi connectivity index (χ3n) is 3.31. The Bertz CT molecular complexity index is 837. The van der Waals surface area contributed by atoms with E-state index in [1.165, 1.54) is 30.7 Å². The topological polar surface area (TPSA) is 73.6 Å². The van der Waals surface area contributed by atoms with Crippen LogP contribution in [0.4, 0.5) is 8.78 Å². The van der Waals surface area contributed by atoms with Crippen LogP contribution in [-0.2, 0) is 11.3 Å². The number of hydrogen-bond donors (Lipinski definition) is 1. The van der Waals surface area contributed by atoms with Gasteiger partial charge >= 0.3 is 12.6 Å². The Morgan fingerprint density at radius 2 is 2.11 bits per heavy atom. The van der Waals surface area contributed by atoms with E-state index in [-0.39, 0.29) is 40.9 Å². The molecule has 27 heavy (non-hydrogen) atoms. The summed E-state index contributed by atoms with van der Waals surface area (Å²) < 4.78 is 37.0. The van der Waals surface area contributed by atoms with E-state index in [0.29, 0.717) is 4.47 Å². The van der Waals surface area contributed by atoms with Gasteiger partial charge in [0.15, 0.2) is 5.69 Å². The fraction of sp³-hybridized carbons (Fsp3) is 0.412. The molecule has 0 saturated heterocycles. The zero-order valence-corrected chi connectivity index (χ0v) is 17.1. The van der Waals surface area contributed by atoms with E-state index in [0.717, 1.165) is 0 Å². The summed E-state index contributed by atoms with van der Waals surface area (Å²) in [5.74, 6) is -0.916. The third-order valence-corrected chi connectivity index (χ3v) is 4.17. The monoisotopic (exact) mass is 466 g/mol. The second kappa shape index (κ2) is 8.53. The van der Waals surface area contributed by atoms with Gasteiger partial charge in [-0.1, -0.05) is 27.5 Å². The quantitative estimate of drug-likeness (QED) is 0.606. The van der Waals surface area contributed by atoms with Crippen molar-refractivity contribution < 1.29 is 28.2 Å². The minimum absolute atomic E-state index is 0.0500. The smallest absolute Gasteiger partial charge is 0.387 e. The lowest BCUT2D eigenvalue weighted by atomic mass is 10.1. The minimum atomic E-state index is -3.06. The van der Waals surface area contributed by atoms with Gasteiger partial charge in [-0.05, 0) is 39.0 Å². The number of aromatic nitrogens is 2. The lowest BCUT2D eigenvalue weighted by Gasteiger charge is -2.20. The highest BCUT2D eigenvalue weighted by atomic mass is 79.9. The Morgan fingerprint density at radius 1 is 1.44 bits per heavy atom. The fourth-order valence-electron chi connectivity index (χ4n) is 2.39. The first-order valence-corrected chi connectivity index (χ1v) is 9.11. The molecule has 2 rings (SSSR count). The lowest BCUT2D eigenvalue weighted by molar-refractivity contribution is -0.0495. The van der Waals surface area contributed by atoms with E-state index < -0.39 is 18.2 Å². The molecular formula is C17H18BrClF2N2O4. The number of halogens is 4. The molecule has 0 fully saturated rings. The summed E-state index contributed by atoms with van der Waals surface area (Å²) in [6.45, 7) is 1.70. The van der Waals surface area contributed by atoms with Gasteiger partial charge in [-0.15, -0.1) is 0 Å². The van der Waals surface area contributed by atoms with Crippen LogP contribution >= 0.6 is 27.5 Å². The lowest BCUT2D eigenvalue weighted by Crippen LogP contribution is -2.27. The van der Waals surface area contributed by atoms with Crippen LogP contribution in [0.25, 0.3) is 11.3 Å². The van der Waals surface area contributed by atoms with Crippen molar-refractivity contribution >= 4 is 33.5 Å². The maximum absolute atomic E-state index is 12.8. The van der Waals surface area contributed by atoms with Gasteiger partial charge in [0.2, 0.25) is 0 Å². The molecule has 0 bridgehead atoms. The fourth-order valence-corrected chi connectivity index (χ4v) is 3.05. The molecule has 0 atom stereocenters. The number of ether oxygens (including phenoxy) is 2. The van der Waals surface area contributed by atoms with Crippen molar-refractivity contribution in [3.05, 3.63) is 33.4 Å². The highest BCUT2D eigenvalue weighted by molar-refractivity contribution is 9.10.